The van der Waals surface area contributed by atoms with Gasteiger partial charge in [-0.05, 0) is 44.0 Å². The Hall–Kier alpha value is 0.230. The highest BCUT2D eigenvalue weighted by Crippen LogP contribution is 2.39. The van der Waals surface area contributed by atoms with Crippen LogP contribution in [0, 0.1) is 5.41 Å². The zero-order valence-corrected chi connectivity index (χ0v) is 12.9. The van der Waals surface area contributed by atoms with Crippen LogP contribution >= 0.6 is 11.8 Å². The molecule has 0 radical (unpaired) electrons. The van der Waals surface area contributed by atoms with Gasteiger partial charge >= 0.3 is 0 Å². The molecule has 2 N–H and O–H groups in total. The molecule has 2 aliphatic heterocycles. The zero-order valence-electron chi connectivity index (χ0n) is 12.1. The van der Waals surface area contributed by atoms with Crippen molar-refractivity contribution in [3.05, 3.63) is 0 Å². The summed E-state index contributed by atoms with van der Waals surface area (Å²) in [6.07, 6.45) is 3.61. The van der Waals surface area contributed by atoms with Crippen LogP contribution in [-0.4, -0.2) is 54.8 Å². The van der Waals surface area contributed by atoms with E-state index in [9.17, 15) is 0 Å². The second kappa shape index (κ2) is 5.70. The molecule has 0 amide bonds. The molecule has 106 valence electrons. The Bertz CT molecular complexity index is 277. The third kappa shape index (κ3) is 3.41. The van der Waals surface area contributed by atoms with Crippen molar-refractivity contribution in [3.8, 4) is 0 Å². The summed E-state index contributed by atoms with van der Waals surface area (Å²) in [5.74, 6) is 2.46. The van der Waals surface area contributed by atoms with Crippen LogP contribution in [0.3, 0.4) is 0 Å². The van der Waals surface area contributed by atoms with Crippen molar-refractivity contribution >= 4 is 11.8 Å². The van der Waals surface area contributed by atoms with Crippen LogP contribution in [0.25, 0.3) is 0 Å². The first kappa shape index (κ1) is 14.6. The molecule has 2 fully saturated rings. The van der Waals surface area contributed by atoms with Crippen LogP contribution in [0.1, 0.15) is 33.1 Å². The normalized spacial score (nSPS) is 33.5. The van der Waals surface area contributed by atoms with Crippen molar-refractivity contribution in [2.75, 3.05) is 38.2 Å². The molecule has 0 aromatic rings. The predicted molar refractivity (Wildman–Crippen MR) is 79.1 cm³/mol. The third-order valence-corrected chi connectivity index (χ3v) is 5.61. The van der Waals surface area contributed by atoms with Gasteiger partial charge in [0.1, 0.15) is 0 Å². The van der Waals surface area contributed by atoms with Gasteiger partial charge in [-0.2, -0.15) is 11.8 Å². The third-order valence-electron chi connectivity index (χ3n) is 4.39. The van der Waals surface area contributed by atoms with Crippen LogP contribution in [0.15, 0.2) is 0 Å². The Morgan fingerprint density at radius 2 is 2.28 bits per heavy atom. The summed E-state index contributed by atoms with van der Waals surface area (Å²) >= 11 is 2.05. The first-order chi connectivity index (χ1) is 8.46. The molecule has 2 heterocycles. The molecule has 2 atom stereocenters. The Morgan fingerprint density at radius 3 is 2.89 bits per heavy atom. The highest BCUT2D eigenvalue weighted by molar-refractivity contribution is 7.99. The molecule has 4 heteroatoms. The number of ether oxygens (including phenoxy) is 1. The van der Waals surface area contributed by atoms with Crippen LogP contribution in [0.4, 0.5) is 0 Å². The van der Waals surface area contributed by atoms with E-state index in [1.54, 1.807) is 0 Å². The Kier molecular flexibility index (Phi) is 4.63. The fraction of sp³-hybridized carbons (Fsp3) is 1.00. The van der Waals surface area contributed by atoms with Gasteiger partial charge in [0.15, 0.2) is 0 Å². The maximum atomic E-state index is 6.09. The van der Waals surface area contributed by atoms with E-state index in [1.165, 1.54) is 30.8 Å². The maximum Gasteiger partial charge on any atom is 0.0795 e. The number of nitrogens with two attached hydrogens (primary N) is 1. The highest BCUT2D eigenvalue weighted by Gasteiger charge is 2.41. The summed E-state index contributed by atoms with van der Waals surface area (Å²) in [5.41, 5.74) is 6.25. The van der Waals surface area contributed by atoms with Gasteiger partial charge in [0.2, 0.25) is 0 Å². The highest BCUT2D eigenvalue weighted by atomic mass is 32.2. The molecule has 0 aromatic carbocycles. The van der Waals surface area contributed by atoms with Crippen molar-refractivity contribution in [3.63, 3.8) is 0 Å². The number of rotatable bonds is 4. The summed E-state index contributed by atoms with van der Waals surface area (Å²) in [6, 6.07) is 0.670. The molecule has 0 saturated carbocycles. The monoisotopic (exact) mass is 272 g/mol. The van der Waals surface area contributed by atoms with Gasteiger partial charge in [-0.1, -0.05) is 13.8 Å². The molecule has 0 aromatic heterocycles. The summed E-state index contributed by atoms with van der Waals surface area (Å²) in [7, 11) is 2.25. The van der Waals surface area contributed by atoms with Gasteiger partial charge in [0.05, 0.1) is 5.60 Å². The van der Waals surface area contributed by atoms with Crippen LogP contribution < -0.4 is 5.73 Å². The lowest BCUT2D eigenvalue weighted by Crippen LogP contribution is -2.50. The lowest BCUT2D eigenvalue weighted by molar-refractivity contribution is -0.0891. The van der Waals surface area contributed by atoms with E-state index in [0.717, 1.165) is 19.7 Å². The van der Waals surface area contributed by atoms with Crippen molar-refractivity contribution in [2.45, 2.75) is 44.8 Å². The van der Waals surface area contributed by atoms with Gasteiger partial charge in [0.25, 0.3) is 0 Å². The molecule has 0 bridgehead atoms. The standard InChI is InChI=1S/C14H28N2OS/c1-13(2,9-15)10-16(3)12-4-6-17-14(8-12)5-7-18-11-14/h12H,4-11,15H2,1-3H3. The first-order valence-electron chi connectivity index (χ1n) is 7.08. The molecule has 0 aliphatic carbocycles. The van der Waals surface area contributed by atoms with Crippen LogP contribution in [0.2, 0.25) is 0 Å². The van der Waals surface area contributed by atoms with E-state index < -0.39 is 0 Å². The summed E-state index contributed by atoms with van der Waals surface area (Å²) < 4.78 is 6.09. The average molecular weight is 272 g/mol. The molecular weight excluding hydrogens is 244 g/mol. The minimum Gasteiger partial charge on any atom is -0.374 e. The summed E-state index contributed by atoms with van der Waals surface area (Å²) in [5, 5.41) is 0. The zero-order chi connectivity index (χ0) is 13.2. The van der Waals surface area contributed by atoms with Gasteiger partial charge < -0.3 is 15.4 Å². The minimum absolute atomic E-state index is 0.189. The molecular formula is C14H28N2OS. The quantitative estimate of drug-likeness (QED) is 0.849. The molecule has 18 heavy (non-hydrogen) atoms. The van der Waals surface area contributed by atoms with Gasteiger partial charge in [-0.3, -0.25) is 0 Å². The molecule has 2 rings (SSSR count). The van der Waals surface area contributed by atoms with Crippen molar-refractivity contribution < 1.29 is 4.74 Å². The fourth-order valence-corrected chi connectivity index (χ4v) is 4.49. The fourth-order valence-electron chi connectivity index (χ4n) is 3.11. The predicted octanol–water partition coefficient (Wildman–Crippen LogP) is 1.96. The van der Waals surface area contributed by atoms with Crippen LogP contribution in [0.5, 0.6) is 0 Å². The van der Waals surface area contributed by atoms with E-state index in [0.29, 0.717) is 6.04 Å². The molecule has 2 saturated heterocycles. The molecule has 2 unspecified atom stereocenters. The second-order valence-electron chi connectivity index (χ2n) is 6.76. The largest absolute Gasteiger partial charge is 0.374 e. The van der Waals surface area contributed by atoms with Crippen LogP contribution in [-0.2, 0) is 4.74 Å². The lowest BCUT2D eigenvalue weighted by Gasteiger charge is -2.43. The Balaban J connectivity index is 1.92. The Morgan fingerprint density at radius 1 is 1.50 bits per heavy atom. The SMILES string of the molecule is CN(CC(C)(C)CN)C1CCOC2(CCSC2)C1. The molecule has 2 aliphatic rings. The van der Waals surface area contributed by atoms with E-state index >= 15 is 0 Å². The van der Waals surface area contributed by atoms with Gasteiger partial charge in [0, 0.05) is 24.9 Å². The number of hydrogen-bond donors (Lipinski definition) is 1. The molecule has 1 spiro atoms. The van der Waals surface area contributed by atoms with E-state index in [-0.39, 0.29) is 11.0 Å². The molecule has 3 nitrogen and oxygen atoms in total. The second-order valence-corrected chi connectivity index (χ2v) is 7.87. The van der Waals surface area contributed by atoms with E-state index in [2.05, 4.69) is 25.8 Å². The lowest BCUT2D eigenvalue weighted by atomic mass is 9.87. The summed E-state index contributed by atoms with van der Waals surface area (Å²) in [6.45, 7) is 7.27. The number of nitrogens with zero attached hydrogens (tertiary/aromatic N) is 1. The van der Waals surface area contributed by atoms with Crippen molar-refractivity contribution in [1.82, 2.24) is 4.90 Å². The maximum absolute atomic E-state index is 6.09. The minimum atomic E-state index is 0.189. The van der Waals surface area contributed by atoms with E-state index in [1.807, 2.05) is 11.8 Å². The topological polar surface area (TPSA) is 38.5 Å². The average Bonchev–Trinajstić information content (AvgIpc) is 2.77. The summed E-state index contributed by atoms with van der Waals surface area (Å²) in [4.78, 5) is 2.51. The van der Waals surface area contributed by atoms with Gasteiger partial charge in [-0.25, -0.2) is 0 Å². The van der Waals surface area contributed by atoms with E-state index in [4.69, 9.17) is 10.5 Å². The smallest absolute Gasteiger partial charge is 0.0795 e. The number of thioether (sulfide) groups is 1. The van der Waals surface area contributed by atoms with Crippen molar-refractivity contribution in [1.29, 1.82) is 0 Å². The number of hydrogen-bond acceptors (Lipinski definition) is 4. The van der Waals surface area contributed by atoms with Gasteiger partial charge in [-0.15, -0.1) is 0 Å². The Labute approximate surface area is 116 Å². The first-order valence-corrected chi connectivity index (χ1v) is 8.24. The van der Waals surface area contributed by atoms with Crippen molar-refractivity contribution in [2.24, 2.45) is 11.1 Å².